The number of imide groups is 1. The van der Waals surface area contributed by atoms with Crippen molar-refractivity contribution >= 4 is 12.0 Å². The smallest absolute Gasteiger partial charge is 0.417 e. The quantitative estimate of drug-likeness (QED) is 0.227. The molecule has 0 unspecified atom stereocenters. The first-order chi connectivity index (χ1) is 21.9. The molecular weight excluding hydrogens is 564 g/mol. The normalized spacial score (nSPS) is 23.2. The van der Waals surface area contributed by atoms with Gasteiger partial charge in [-0.1, -0.05) is 91.0 Å². The van der Waals surface area contributed by atoms with Crippen LogP contribution in [0.2, 0.25) is 0 Å². The number of hydrogen-bond donors (Lipinski definition) is 0. The monoisotopic (exact) mass is 602 g/mol. The van der Waals surface area contributed by atoms with E-state index in [4.69, 9.17) is 14.2 Å². The third-order valence-corrected chi connectivity index (χ3v) is 9.67. The Morgan fingerprint density at radius 2 is 1.53 bits per heavy atom. The molecule has 0 radical (unpaired) electrons. The molecule has 2 aliphatic heterocycles. The van der Waals surface area contributed by atoms with Gasteiger partial charge >= 0.3 is 6.09 Å². The Labute approximate surface area is 264 Å². The Bertz CT molecular complexity index is 1670. The first-order valence-electron chi connectivity index (χ1n) is 15.7. The first kappa shape index (κ1) is 29.1. The van der Waals surface area contributed by atoms with Gasteiger partial charge in [-0.15, -0.1) is 0 Å². The fourth-order valence-electron chi connectivity index (χ4n) is 7.38. The van der Waals surface area contributed by atoms with Crippen LogP contribution in [-0.2, 0) is 28.9 Å². The van der Waals surface area contributed by atoms with E-state index in [-0.39, 0.29) is 24.5 Å². The molecular formula is C38H38N2O5. The van der Waals surface area contributed by atoms with E-state index in [0.717, 1.165) is 24.0 Å². The summed E-state index contributed by atoms with van der Waals surface area (Å²) < 4.78 is 17.8. The second kappa shape index (κ2) is 12.1. The predicted molar refractivity (Wildman–Crippen MR) is 171 cm³/mol. The summed E-state index contributed by atoms with van der Waals surface area (Å²) in [4.78, 5) is 31.5. The lowest BCUT2D eigenvalue weighted by molar-refractivity contribution is -0.139. The molecule has 2 saturated heterocycles. The van der Waals surface area contributed by atoms with Gasteiger partial charge in [0.25, 0.3) is 0 Å². The molecule has 1 aliphatic carbocycles. The minimum atomic E-state index is -0.902. The SMILES string of the molecule is COc1ccc([C@H]2CN(Cc3ccccc3)C[C@@]2(C)C(=O)N2C(=O)OC[C@H]2c2ccccc2)cc1OC1Cc2ccccc2C1. The summed E-state index contributed by atoms with van der Waals surface area (Å²) in [5, 5.41) is 0. The second-order valence-corrected chi connectivity index (χ2v) is 12.6. The van der Waals surface area contributed by atoms with Crippen LogP contribution in [-0.4, -0.2) is 54.7 Å². The number of carbonyl (C=O) groups is 2. The Balaban J connectivity index is 1.22. The van der Waals surface area contributed by atoms with E-state index in [9.17, 15) is 9.59 Å². The highest BCUT2D eigenvalue weighted by atomic mass is 16.6. The van der Waals surface area contributed by atoms with Gasteiger partial charge in [0.1, 0.15) is 18.8 Å². The number of likely N-dealkylation sites (tertiary alicyclic amines) is 1. The summed E-state index contributed by atoms with van der Waals surface area (Å²) in [6, 6.07) is 34.0. The molecule has 2 amide bonds. The lowest BCUT2D eigenvalue weighted by Crippen LogP contribution is -2.47. The van der Waals surface area contributed by atoms with Crippen LogP contribution >= 0.6 is 0 Å². The molecule has 3 aliphatic rings. The van der Waals surface area contributed by atoms with Gasteiger partial charge in [0, 0.05) is 38.4 Å². The molecule has 0 N–H and O–H groups in total. The number of fused-ring (bicyclic) bond motifs is 1. The first-order valence-corrected chi connectivity index (χ1v) is 15.7. The fraction of sp³-hybridized carbons (Fsp3) is 0.316. The van der Waals surface area contributed by atoms with Crippen LogP contribution in [0.3, 0.4) is 0 Å². The molecule has 2 fully saturated rings. The van der Waals surface area contributed by atoms with Gasteiger partial charge in [-0.05, 0) is 46.9 Å². The molecule has 2 heterocycles. The molecule has 7 nitrogen and oxygen atoms in total. The maximum Gasteiger partial charge on any atom is 0.417 e. The van der Waals surface area contributed by atoms with Crippen LogP contribution in [0.1, 0.15) is 46.7 Å². The molecule has 7 heteroatoms. The zero-order valence-corrected chi connectivity index (χ0v) is 25.7. The van der Waals surface area contributed by atoms with Crippen molar-refractivity contribution in [3.63, 3.8) is 0 Å². The van der Waals surface area contributed by atoms with Gasteiger partial charge in [-0.25, -0.2) is 9.69 Å². The van der Waals surface area contributed by atoms with Crippen LogP contribution in [0.25, 0.3) is 0 Å². The summed E-state index contributed by atoms with van der Waals surface area (Å²) in [6.07, 6.45) is 1.09. The minimum Gasteiger partial charge on any atom is -0.493 e. The van der Waals surface area contributed by atoms with Crippen molar-refractivity contribution < 1.29 is 23.8 Å². The third-order valence-electron chi connectivity index (χ3n) is 9.67. The van der Waals surface area contributed by atoms with E-state index in [1.807, 2.05) is 73.7 Å². The molecule has 0 bridgehead atoms. The zero-order chi connectivity index (χ0) is 31.0. The lowest BCUT2D eigenvalue weighted by atomic mass is 9.74. The van der Waals surface area contributed by atoms with Crippen LogP contribution in [0, 0.1) is 5.41 Å². The average molecular weight is 603 g/mol. The van der Waals surface area contributed by atoms with Crippen LogP contribution < -0.4 is 9.47 Å². The van der Waals surface area contributed by atoms with E-state index < -0.39 is 17.6 Å². The highest BCUT2D eigenvalue weighted by Crippen LogP contribution is 2.48. The largest absolute Gasteiger partial charge is 0.493 e. The van der Waals surface area contributed by atoms with Gasteiger partial charge in [-0.2, -0.15) is 0 Å². The van der Waals surface area contributed by atoms with Crippen molar-refractivity contribution in [1.29, 1.82) is 0 Å². The van der Waals surface area contributed by atoms with Crippen LogP contribution in [0.5, 0.6) is 11.5 Å². The summed E-state index contributed by atoms with van der Waals surface area (Å²) in [6.45, 7) is 3.99. The highest BCUT2D eigenvalue weighted by molar-refractivity contribution is 5.97. The number of amides is 2. The Kier molecular flexibility index (Phi) is 7.80. The Morgan fingerprint density at radius 3 is 2.22 bits per heavy atom. The maximum absolute atomic E-state index is 14.7. The predicted octanol–water partition coefficient (Wildman–Crippen LogP) is 6.57. The van der Waals surface area contributed by atoms with E-state index in [0.29, 0.717) is 31.1 Å². The van der Waals surface area contributed by atoms with Gasteiger partial charge in [0.05, 0.1) is 12.5 Å². The molecule has 45 heavy (non-hydrogen) atoms. The maximum atomic E-state index is 14.7. The topological polar surface area (TPSA) is 68.3 Å². The number of cyclic esters (lactones) is 1. The number of benzene rings is 4. The number of rotatable bonds is 8. The lowest BCUT2D eigenvalue weighted by Gasteiger charge is -2.34. The van der Waals surface area contributed by atoms with E-state index >= 15 is 0 Å². The molecule has 4 aromatic carbocycles. The number of ether oxygens (including phenoxy) is 3. The number of nitrogens with zero attached hydrogens (tertiary/aromatic N) is 2. The van der Waals surface area contributed by atoms with Crippen molar-refractivity contribution in [3.8, 4) is 11.5 Å². The van der Waals surface area contributed by atoms with Crippen molar-refractivity contribution in [2.45, 2.75) is 44.4 Å². The van der Waals surface area contributed by atoms with E-state index in [1.165, 1.54) is 21.6 Å². The summed E-state index contributed by atoms with van der Waals surface area (Å²) >= 11 is 0. The molecule has 7 rings (SSSR count). The van der Waals surface area contributed by atoms with Gasteiger partial charge in [0.15, 0.2) is 11.5 Å². The van der Waals surface area contributed by atoms with Crippen molar-refractivity contribution in [2.24, 2.45) is 5.41 Å². The Morgan fingerprint density at radius 1 is 0.867 bits per heavy atom. The van der Waals surface area contributed by atoms with Gasteiger partial charge in [0.2, 0.25) is 5.91 Å². The van der Waals surface area contributed by atoms with Crippen molar-refractivity contribution in [3.05, 3.63) is 131 Å². The zero-order valence-electron chi connectivity index (χ0n) is 25.7. The minimum absolute atomic E-state index is 0.00345. The summed E-state index contributed by atoms with van der Waals surface area (Å²) in [5.41, 5.74) is 4.77. The number of methoxy groups -OCH3 is 1. The van der Waals surface area contributed by atoms with E-state index in [2.05, 4.69) is 41.3 Å². The Hall–Kier alpha value is -4.62. The second-order valence-electron chi connectivity index (χ2n) is 12.6. The third kappa shape index (κ3) is 5.57. The number of hydrogen-bond acceptors (Lipinski definition) is 6. The van der Waals surface area contributed by atoms with Crippen molar-refractivity contribution in [2.75, 3.05) is 26.8 Å². The molecule has 0 spiro atoms. The average Bonchev–Trinajstić information content (AvgIpc) is 3.76. The summed E-state index contributed by atoms with van der Waals surface area (Å²) in [5.74, 6) is 0.914. The molecule has 0 aromatic heterocycles. The fourth-order valence-corrected chi connectivity index (χ4v) is 7.38. The number of carbonyl (C=O) groups excluding carboxylic acids is 2. The molecule has 4 aromatic rings. The van der Waals surface area contributed by atoms with Gasteiger partial charge < -0.3 is 14.2 Å². The van der Waals surface area contributed by atoms with Gasteiger partial charge in [-0.3, -0.25) is 9.69 Å². The molecule has 0 saturated carbocycles. The van der Waals surface area contributed by atoms with Crippen LogP contribution in [0.4, 0.5) is 4.79 Å². The molecule has 230 valence electrons. The van der Waals surface area contributed by atoms with Crippen molar-refractivity contribution in [1.82, 2.24) is 9.80 Å². The standard InChI is InChI=1S/C38H38N2O5/c1-38(36(41)40-33(24-44-37(40)42)27-13-7-4-8-14-27)25-39(22-26-11-5-3-6-12-26)23-32(38)30-17-18-34(43-2)35(21-30)45-31-19-28-15-9-10-16-29(28)20-31/h3-18,21,31-33H,19-20,22-25H2,1-2H3/t32-,33+,38-/m1/s1. The summed E-state index contributed by atoms with van der Waals surface area (Å²) in [7, 11) is 1.65. The highest BCUT2D eigenvalue weighted by Gasteiger charge is 2.54. The van der Waals surface area contributed by atoms with Crippen LogP contribution in [0.15, 0.2) is 103 Å². The molecule has 3 atom stereocenters. The van der Waals surface area contributed by atoms with E-state index in [1.54, 1.807) is 7.11 Å².